The summed E-state index contributed by atoms with van der Waals surface area (Å²) >= 11 is 4.92. The highest BCUT2D eigenvalue weighted by Crippen LogP contribution is 2.11. The van der Waals surface area contributed by atoms with Gasteiger partial charge in [-0.3, -0.25) is 0 Å². The zero-order valence-corrected chi connectivity index (χ0v) is 5.00. The van der Waals surface area contributed by atoms with Gasteiger partial charge in [0.25, 0.3) is 0 Å². The van der Waals surface area contributed by atoms with Gasteiger partial charge in [0.1, 0.15) is 0 Å². The third-order valence-corrected chi connectivity index (χ3v) is 1.42. The van der Waals surface area contributed by atoms with Crippen molar-refractivity contribution in [3.05, 3.63) is 12.8 Å². The summed E-state index contributed by atoms with van der Waals surface area (Å²) in [5, 5.41) is 0. The van der Waals surface area contributed by atoms with Crippen LogP contribution in [0.4, 0.5) is 0 Å². The molecule has 0 saturated heterocycles. The summed E-state index contributed by atoms with van der Waals surface area (Å²) in [5.41, 5.74) is 0. The molecule has 0 aromatic rings. The second-order valence-electron chi connectivity index (χ2n) is 1.74. The molecule has 0 amide bonds. The molecule has 1 heteroatoms. The van der Waals surface area contributed by atoms with Gasteiger partial charge in [-0.2, -0.15) is 0 Å². The molecular weight excluding hydrogens is 104 g/mol. The van der Waals surface area contributed by atoms with Gasteiger partial charge in [-0.25, -0.2) is 0 Å². The highest BCUT2D eigenvalue weighted by Gasteiger charge is 2.03. The van der Waals surface area contributed by atoms with Crippen molar-refractivity contribution in [2.24, 2.45) is 0 Å². The van der Waals surface area contributed by atoms with Gasteiger partial charge in [-0.1, -0.05) is 12.2 Å². The Morgan fingerprint density at radius 2 is 2.29 bits per heavy atom. The Hall–Kier alpha value is 0.0900. The first-order valence-electron chi connectivity index (χ1n) is 2.57. The highest BCUT2D eigenvalue weighted by molar-refractivity contribution is 7.80. The zero-order valence-electron chi connectivity index (χ0n) is 4.18. The van der Waals surface area contributed by atoms with Crippen LogP contribution in [0.5, 0.6) is 0 Å². The van der Waals surface area contributed by atoms with E-state index < -0.39 is 0 Å². The van der Waals surface area contributed by atoms with Crippen LogP contribution in [0.15, 0.2) is 0 Å². The Labute approximate surface area is 49.9 Å². The molecule has 0 atom stereocenters. The van der Waals surface area contributed by atoms with E-state index in [4.69, 9.17) is 12.2 Å². The fraction of sp³-hybridized carbons (Fsp3) is 0.500. The van der Waals surface area contributed by atoms with Crippen LogP contribution >= 0.6 is 12.2 Å². The van der Waals surface area contributed by atoms with Crippen molar-refractivity contribution in [2.75, 3.05) is 0 Å². The van der Waals surface area contributed by atoms with Crippen LogP contribution in [0.3, 0.4) is 0 Å². The van der Waals surface area contributed by atoms with E-state index in [9.17, 15) is 0 Å². The molecule has 0 aromatic carbocycles. The van der Waals surface area contributed by atoms with Crippen molar-refractivity contribution in [3.63, 3.8) is 0 Å². The maximum atomic E-state index is 4.92. The molecule has 0 bridgehead atoms. The lowest BCUT2D eigenvalue weighted by Gasteiger charge is -2.07. The van der Waals surface area contributed by atoms with Crippen molar-refractivity contribution < 1.29 is 0 Å². The van der Waals surface area contributed by atoms with Crippen molar-refractivity contribution in [3.8, 4) is 0 Å². The number of hydrogen-bond acceptors (Lipinski definition) is 1. The maximum absolute atomic E-state index is 4.92. The van der Waals surface area contributed by atoms with Crippen LogP contribution in [0, 0.1) is 12.8 Å². The summed E-state index contributed by atoms with van der Waals surface area (Å²) in [5.74, 6) is 0. The van der Waals surface area contributed by atoms with Crippen molar-refractivity contribution in [2.45, 2.75) is 19.3 Å². The number of hydrogen-bond donors (Lipinski definition) is 0. The van der Waals surface area contributed by atoms with Gasteiger partial charge in [0.2, 0.25) is 0 Å². The van der Waals surface area contributed by atoms with Crippen LogP contribution < -0.4 is 0 Å². The van der Waals surface area contributed by atoms with Gasteiger partial charge in [0.15, 0.2) is 0 Å². The van der Waals surface area contributed by atoms with E-state index in [1.807, 2.05) is 0 Å². The van der Waals surface area contributed by atoms with Crippen LogP contribution in [0.1, 0.15) is 19.3 Å². The van der Waals surface area contributed by atoms with E-state index in [2.05, 4.69) is 12.8 Å². The molecule has 1 fully saturated rings. The molecule has 0 N–H and O–H groups in total. The van der Waals surface area contributed by atoms with E-state index in [1.54, 1.807) is 0 Å². The molecule has 38 valence electrons. The second-order valence-corrected chi connectivity index (χ2v) is 2.26. The quantitative estimate of drug-likeness (QED) is 0.431. The molecule has 1 saturated carbocycles. The molecule has 0 unspecified atom stereocenters. The average molecular weight is 112 g/mol. The first-order valence-corrected chi connectivity index (χ1v) is 2.98. The first kappa shape index (κ1) is 5.23. The van der Waals surface area contributed by atoms with Crippen LogP contribution in [0.2, 0.25) is 0 Å². The number of thiocarbonyl (C=S) groups is 1. The molecule has 0 aromatic heterocycles. The molecular formula is C6H8S. The average Bonchev–Trinajstić information content (AvgIpc) is 1.69. The second kappa shape index (κ2) is 2.41. The molecule has 0 nitrogen and oxygen atoms in total. The van der Waals surface area contributed by atoms with Crippen molar-refractivity contribution in [1.82, 2.24) is 0 Å². The molecule has 0 spiro atoms. The van der Waals surface area contributed by atoms with Crippen molar-refractivity contribution >= 4 is 17.1 Å². The fourth-order valence-corrected chi connectivity index (χ4v) is 0.926. The van der Waals surface area contributed by atoms with Gasteiger partial charge >= 0.3 is 0 Å². The van der Waals surface area contributed by atoms with Crippen LogP contribution in [-0.4, -0.2) is 4.86 Å². The smallest absolute Gasteiger partial charge is 0.00241 e. The lowest BCUT2D eigenvalue weighted by atomic mass is 10.0. The lowest BCUT2D eigenvalue weighted by Crippen LogP contribution is -2.01. The van der Waals surface area contributed by atoms with Gasteiger partial charge in [0, 0.05) is 0 Å². The Bertz CT molecular complexity index is 68.2. The molecule has 1 aliphatic rings. The Morgan fingerprint density at radius 1 is 1.43 bits per heavy atom. The summed E-state index contributed by atoms with van der Waals surface area (Å²) in [7, 11) is 0. The molecule has 7 heavy (non-hydrogen) atoms. The lowest BCUT2D eigenvalue weighted by molar-refractivity contribution is 0.891. The third kappa shape index (κ3) is 1.56. The third-order valence-electron chi connectivity index (χ3n) is 1.09. The largest absolute Gasteiger partial charge is 0.0894 e. The summed E-state index contributed by atoms with van der Waals surface area (Å²) < 4.78 is 0. The van der Waals surface area contributed by atoms with Crippen LogP contribution in [-0.2, 0) is 0 Å². The minimum absolute atomic E-state index is 1.04. The van der Waals surface area contributed by atoms with Crippen LogP contribution in [0.25, 0.3) is 0 Å². The van der Waals surface area contributed by atoms with Gasteiger partial charge in [-0.05, 0) is 37.0 Å². The summed E-state index contributed by atoms with van der Waals surface area (Å²) in [6.45, 7) is 0. The van der Waals surface area contributed by atoms with E-state index in [0.29, 0.717) is 0 Å². The topological polar surface area (TPSA) is 0 Å². The van der Waals surface area contributed by atoms with Gasteiger partial charge in [0.05, 0.1) is 0 Å². The fourth-order valence-electron chi connectivity index (χ4n) is 0.690. The first-order chi connectivity index (χ1) is 3.39. The predicted octanol–water partition coefficient (Wildman–Crippen LogP) is 1.95. The predicted molar refractivity (Wildman–Crippen MR) is 35.0 cm³/mol. The SMILES string of the molecule is S=C1[CH]CC[CH]C1. The summed E-state index contributed by atoms with van der Waals surface area (Å²) in [4.78, 5) is 1.12. The van der Waals surface area contributed by atoms with Crippen molar-refractivity contribution in [1.29, 1.82) is 0 Å². The Balaban J connectivity index is 2.25. The Kier molecular flexibility index (Phi) is 1.80. The maximum Gasteiger partial charge on any atom is -0.00241 e. The molecule has 1 aliphatic carbocycles. The molecule has 2 radical (unpaired) electrons. The molecule has 0 aliphatic heterocycles. The van der Waals surface area contributed by atoms with Gasteiger partial charge < -0.3 is 0 Å². The van der Waals surface area contributed by atoms with E-state index in [-0.39, 0.29) is 0 Å². The minimum Gasteiger partial charge on any atom is -0.0894 e. The molecule has 0 heterocycles. The monoisotopic (exact) mass is 112 g/mol. The molecule has 1 rings (SSSR count). The Morgan fingerprint density at radius 3 is 2.57 bits per heavy atom. The van der Waals surface area contributed by atoms with Gasteiger partial charge in [-0.15, -0.1) is 0 Å². The minimum atomic E-state index is 1.04. The summed E-state index contributed by atoms with van der Waals surface area (Å²) in [6.07, 6.45) is 7.80. The van der Waals surface area contributed by atoms with E-state index in [1.165, 1.54) is 12.8 Å². The summed E-state index contributed by atoms with van der Waals surface area (Å²) in [6, 6.07) is 0. The normalized spacial score (nSPS) is 22.6. The highest BCUT2D eigenvalue weighted by atomic mass is 32.1. The zero-order chi connectivity index (χ0) is 5.11. The standard InChI is InChI=1S/C6H8S/c7-6-4-2-1-3-5-6/h2,5H,1,3-4H2. The van der Waals surface area contributed by atoms with E-state index >= 15 is 0 Å². The van der Waals surface area contributed by atoms with E-state index in [0.717, 1.165) is 11.3 Å². The number of rotatable bonds is 0.